The lowest BCUT2D eigenvalue weighted by molar-refractivity contribution is 0.225. The topological polar surface area (TPSA) is 12.0 Å². The lowest BCUT2D eigenvalue weighted by atomic mass is 9.70. The fraction of sp³-hybridized carbons (Fsp3) is 0.625. The summed E-state index contributed by atoms with van der Waals surface area (Å²) >= 11 is 0. The molecule has 2 rings (SSSR count). The average Bonchev–Trinajstić information content (AvgIpc) is 2.40. The highest BCUT2D eigenvalue weighted by Gasteiger charge is 2.31. The van der Waals surface area contributed by atoms with Gasteiger partial charge in [-0.2, -0.15) is 0 Å². The minimum Gasteiger partial charge on any atom is -0.319 e. The molecule has 3 unspecified atom stereocenters. The van der Waals surface area contributed by atoms with Crippen molar-refractivity contribution < 1.29 is 4.39 Å². The highest BCUT2D eigenvalue weighted by atomic mass is 19.1. The van der Waals surface area contributed by atoms with Crippen molar-refractivity contribution in [2.75, 3.05) is 13.6 Å². The molecule has 0 radical (unpaired) electrons. The fourth-order valence-electron chi connectivity index (χ4n) is 3.35. The van der Waals surface area contributed by atoms with Gasteiger partial charge in [0.1, 0.15) is 5.82 Å². The molecule has 2 heteroatoms. The molecule has 1 aliphatic rings. The zero-order chi connectivity index (χ0) is 13.0. The van der Waals surface area contributed by atoms with Crippen molar-refractivity contribution in [2.24, 2.45) is 11.8 Å². The summed E-state index contributed by atoms with van der Waals surface area (Å²) in [6, 6.07) is 7.32. The molecule has 0 amide bonds. The Balaban J connectivity index is 2.21. The second-order valence-corrected chi connectivity index (χ2v) is 5.53. The number of halogens is 1. The Hall–Kier alpha value is -0.890. The van der Waals surface area contributed by atoms with Crippen LogP contribution in [0.1, 0.15) is 44.1 Å². The van der Waals surface area contributed by atoms with Gasteiger partial charge in [0.25, 0.3) is 0 Å². The van der Waals surface area contributed by atoms with Gasteiger partial charge in [0.15, 0.2) is 0 Å². The largest absolute Gasteiger partial charge is 0.319 e. The Bertz CT molecular complexity index is 377. The fourth-order valence-corrected chi connectivity index (χ4v) is 3.35. The van der Waals surface area contributed by atoms with Gasteiger partial charge in [-0.3, -0.25) is 0 Å². The second kappa shape index (κ2) is 6.33. The van der Waals surface area contributed by atoms with E-state index in [2.05, 4.69) is 12.2 Å². The van der Waals surface area contributed by atoms with E-state index < -0.39 is 0 Å². The third kappa shape index (κ3) is 2.92. The van der Waals surface area contributed by atoms with Gasteiger partial charge in [-0.1, -0.05) is 38.0 Å². The SMILES string of the molecule is CCC1CCC(CNC)C(c2ccccc2F)C1. The summed E-state index contributed by atoms with van der Waals surface area (Å²) in [5.41, 5.74) is 0.927. The first-order chi connectivity index (χ1) is 8.76. The van der Waals surface area contributed by atoms with Gasteiger partial charge in [0.2, 0.25) is 0 Å². The molecule has 18 heavy (non-hydrogen) atoms. The highest BCUT2D eigenvalue weighted by Crippen LogP contribution is 2.42. The van der Waals surface area contributed by atoms with Gasteiger partial charge >= 0.3 is 0 Å². The number of hydrogen-bond acceptors (Lipinski definition) is 1. The van der Waals surface area contributed by atoms with E-state index in [0.717, 1.165) is 24.4 Å². The molecule has 0 aliphatic heterocycles. The number of rotatable bonds is 4. The van der Waals surface area contributed by atoms with E-state index in [1.807, 2.05) is 19.2 Å². The Kier molecular flexibility index (Phi) is 4.76. The molecule has 1 nitrogen and oxygen atoms in total. The third-order valence-corrected chi connectivity index (χ3v) is 4.45. The molecule has 0 saturated heterocycles. The van der Waals surface area contributed by atoms with Crippen LogP contribution in [0.15, 0.2) is 24.3 Å². The van der Waals surface area contributed by atoms with Crippen molar-refractivity contribution in [3.05, 3.63) is 35.6 Å². The molecule has 1 aromatic rings. The summed E-state index contributed by atoms with van der Waals surface area (Å²) in [5.74, 6) is 1.70. The molecule has 1 fully saturated rings. The van der Waals surface area contributed by atoms with Crippen LogP contribution in [0.3, 0.4) is 0 Å². The lowest BCUT2D eigenvalue weighted by Gasteiger charge is -2.36. The molecule has 0 spiro atoms. The summed E-state index contributed by atoms with van der Waals surface area (Å²) in [5, 5.41) is 3.27. The molecule has 1 aromatic carbocycles. The second-order valence-electron chi connectivity index (χ2n) is 5.53. The van der Waals surface area contributed by atoms with Crippen molar-refractivity contribution in [1.29, 1.82) is 0 Å². The maximum Gasteiger partial charge on any atom is 0.126 e. The van der Waals surface area contributed by atoms with Crippen molar-refractivity contribution in [1.82, 2.24) is 5.32 Å². The van der Waals surface area contributed by atoms with Crippen LogP contribution in [0.2, 0.25) is 0 Å². The summed E-state index contributed by atoms with van der Waals surface area (Å²) < 4.78 is 14.0. The first kappa shape index (κ1) is 13.5. The normalized spacial score (nSPS) is 28.3. The maximum absolute atomic E-state index is 14.0. The first-order valence-electron chi connectivity index (χ1n) is 7.15. The highest BCUT2D eigenvalue weighted by molar-refractivity contribution is 5.23. The number of benzene rings is 1. The number of hydrogen-bond donors (Lipinski definition) is 1. The lowest BCUT2D eigenvalue weighted by Crippen LogP contribution is -2.31. The van der Waals surface area contributed by atoms with Crippen molar-refractivity contribution in [2.45, 2.75) is 38.5 Å². The molecule has 0 aromatic heterocycles. The minimum atomic E-state index is -0.0274. The first-order valence-corrected chi connectivity index (χ1v) is 7.15. The molecular formula is C16H24FN. The van der Waals surface area contributed by atoms with Crippen LogP contribution in [0.25, 0.3) is 0 Å². The van der Waals surface area contributed by atoms with E-state index >= 15 is 0 Å². The van der Waals surface area contributed by atoms with Gasteiger partial charge in [-0.05, 0) is 55.8 Å². The summed E-state index contributed by atoms with van der Waals surface area (Å²) in [7, 11) is 1.99. The van der Waals surface area contributed by atoms with Crippen molar-refractivity contribution >= 4 is 0 Å². The quantitative estimate of drug-likeness (QED) is 0.852. The van der Waals surface area contributed by atoms with Crippen LogP contribution in [0.4, 0.5) is 4.39 Å². The van der Waals surface area contributed by atoms with Crippen LogP contribution in [0, 0.1) is 17.7 Å². The van der Waals surface area contributed by atoms with E-state index in [4.69, 9.17) is 0 Å². The summed E-state index contributed by atoms with van der Waals surface area (Å²) in [4.78, 5) is 0. The van der Waals surface area contributed by atoms with Gasteiger partial charge in [0.05, 0.1) is 0 Å². The predicted molar refractivity (Wildman–Crippen MR) is 74.2 cm³/mol. The van der Waals surface area contributed by atoms with Crippen LogP contribution in [0.5, 0.6) is 0 Å². The Labute approximate surface area is 110 Å². The molecule has 1 saturated carbocycles. The van der Waals surface area contributed by atoms with Crippen LogP contribution in [-0.2, 0) is 0 Å². The van der Waals surface area contributed by atoms with Crippen LogP contribution < -0.4 is 5.32 Å². The number of nitrogens with one attached hydrogen (secondary N) is 1. The minimum absolute atomic E-state index is 0.0274. The molecule has 1 aliphatic carbocycles. The third-order valence-electron chi connectivity index (χ3n) is 4.45. The predicted octanol–water partition coefficient (Wildman–Crippen LogP) is 3.96. The standard InChI is InChI=1S/C16H24FN/c1-3-12-8-9-13(11-18-2)15(10-12)14-6-4-5-7-16(14)17/h4-7,12-13,15,18H,3,8-11H2,1-2H3. The van der Waals surface area contributed by atoms with E-state index in [0.29, 0.717) is 11.8 Å². The van der Waals surface area contributed by atoms with E-state index in [9.17, 15) is 4.39 Å². The van der Waals surface area contributed by atoms with Crippen LogP contribution >= 0.6 is 0 Å². The van der Waals surface area contributed by atoms with Crippen LogP contribution in [-0.4, -0.2) is 13.6 Å². The molecular weight excluding hydrogens is 225 g/mol. The zero-order valence-corrected chi connectivity index (χ0v) is 11.5. The molecule has 0 heterocycles. The Morgan fingerprint density at radius 3 is 2.72 bits per heavy atom. The summed E-state index contributed by atoms with van der Waals surface area (Å²) in [6.45, 7) is 3.25. The maximum atomic E-state index is 14.0. The smallest absolute Gasteiger partial charge is 0.126 e. The zero-order valence-electron chi connectivity index (χ0n) is 11.5. The van der Waals surface area contributed by atoms with Gasteiger partial charge in [-0.25, -0.2) is 4.39 Å². The van der Waals surface area contributed by atoms with Crippen molar-refractivity contribution in [3.63, 3.8) is 0 Å². The van der Waals surface area contributed by atoms with E-state index in [1.54, 1.807) is 12.1 Å². The van der Waals surface area contributed by atoms with Gasteiger partial charge in [0, 0.05) is 0 Å². The van der Waals surface area contributed by atoms with Crippen molar-refractivity contribution in [3.8, 4) is 0 Å². The van der Waals surface area contributed by atoms with E-state index in [-0.39, 0.29) is 5.82 Å². The Morgan fingerprint density at radius 1 is 1.28 bits per heavy atom. The molecule has 0 bridgehead atoms. The monoisotopic (exact) mass is 249 g/mol. The summed E-state index contributed by atoms with van der Waals surface area (Å²) in [6.07, 6.45) is 4.88. The van der Waals surface area contributed by atoms with E-state index in [1.165, 1.54) is 19.3 Å². The van der Waals surface area contributed by atoms with Gasteiger partial charge in [-0.15, -0.1) is 0 Å². The molecule has 1 N–H and O–H groups in total. The molecule has 3 atom stereocenters. The Morgan fingerprint density at radius 2 is 2.06 bits per heavy atom. The molecule has 100 valence electrons. The average molecular weight is 249 g/mol. The van der Waals surface area contributed by atoms with Gasteiger partial charge < -0.3 is 5.32 Å².